The van der Waals surface area contributed by atoms with Crippen LogP contribution in [0.3, 0.4) is 0 Å². The number of carbonyl (C=O) groups is 2. The van der Waals surface area contributed by atoms with Gasteiger partial charge in [0.25, 0.3) is 0 Å². The van der Waals surface area contributed by atoms with Gasteiger partial charge >= 0.3 is 5.97 Å². The molecule has 0 unspecified atom stereocenters. The van der Waals surface area contributed by atoms with Crippen molar-refractivity contribution in [2.75, 3.05) is 14.2 Å². The minimum atomic E-state index is -0.627. The Bertz CT molecular complexity index is 967. The molecular formula is C16H14N6O4. The molecule has 3 rings (SSSR count). The van der Waals surface area contributed by atoms with Crippen LogP contribution in [0.25, 0.3) is 17.2 Å². The predicted molar refractivity (Wildman–Crippen MR) is 88.8 cm³/mol. The summed E-state index contributed by atoms with van der Waals surface area (Å²) in [4.78, 5) is 27.5. The zero-order valence-electron chi connectivity index (χ0n) is 13.9. The number of hydrogen-bond acceptors (Lipinski definition) is 8. The summed E-state index contributed by atoms with van der Waals surface area (Å²) in [7, 11) is 2.72. The Morgan fingerprint density at radius 1 is 1.12 bits per heavy atom. The second-order valence-corrected chi connectivity index (χ2v) is 5.05. The SMILES string of the molecule is COC(=O)c1cc(-c2cc(C(N)=O)ccn2)n(-c2ccc(OC)nn2)n1. The number of esters is 1. The summed E-state index contributed by atoms with van der Waals surface area (Å²) >= 11 is 0. The van der Waals surface area contributed by atoms with Gasteiger partial charge in [0.2, 0.25) is 11.8 Å². The van der Waals surface area contributed by atoms with Crippen LogP contribution in [0.5, 0.6) is 5.88 Å². The molecule has 10 heteroatoms. The fourth-order valence-corrected chi connectivity index (χ4v) is 2.20. The molecule has 3 aromatic rings. The van der Waals surface area contributed by atoms with Crippen molar-refractivity contribution >= 4 is 11.9 Å². The van der Waals surface area contributed by atoms with Gasteiger partial charge in [-0.1, -0.05) is 0 Å². The van der Waals surface area contributed by atoms with E-state index in [0.717, 1.165) is 0 Å². The first kappa shape index (κ1) is 17.0. The Morgan fingerprint density at radius 3 is 2.54 bits per heavy atom. The van der Waals surface area contributed by atoms with E-state index in [2.05, 4.69) is 20.3 Å². The monoisotopic (exact) mass is 354 g/mol. The first-order valence-corrected chi connectivity index (χ1v) is 7.36. The van der Waals surface area contributed by atoms with Gasteiger partial charge in [0.05, 0.1) is 25.6 Å². The molecule has 0 atom stereocenters. The van der Waals surface area contributed by atoms with Gasteiger partial charge in [-0.25, -0.2) is 9.48 Å². The van der Waals surface area contributed by atoms with Crippen LogP contribution in [0.2, 0.25) is 0 Å². The number of rotatable bonds is 5. The van der Waals surface area contributed by atoms with E-state index >= 15 is 0 Å². The average molecular weight is 354 g/mol. The summed E-state index contributed by atoms with van der Waals surface area (Å²) < 4.78 is 11.1. The third-order valence-corrected chi connectivity index (χ3v) is 3.46. The van der Waals surface area contributed by atoms with Crippen LogP contribution in [-0.2, 0) is 4.74 Å². The topological polar surface area (TPSA) is 135 Å². The largest absolute Gasteiger partial charge is 0.480 e. The number of hydrogen-bond donors (Lipinski definition) is 1. The number of carbonyl (C=O) groups excluding carboxylic acids is 2. The molecule has 0 bridgehead atoms. The lowest BCUT2D eigenvalue weighted by Gasteiger charge is -2.06. The minimum absolute atomic E-state index is 0.0476. The van der Waals surface area contributed by atoms with Crippen LogP contribution in [-0.4, -0.2) is 51.1 Å². The molecule has 1 amide bonds. The fraction of sp³-hybridized carbons (Fsp3) is 0.125. The smallest absolute Gasteiger partial charge is 0.358 e. The van der Waals surface area contributed by atoms with E-state index in [1.54, 1.807) is 12.1 Å². The molecule has 2 N–H and O–H groups in total. The number of pyridine rings is 1. The Labute approximate surface area is 147 Å². The van der Waals surface area contributed by atoms with E-state index in [9.17, 15) is 9.59 Å². The molecule has 0 aliphatic heterocycles. The normalized spacial score (nSPS) is 10.4. The summed E-state index contributed by atoms with van der Waals surface area (Å²) in [5.74, 6) is -0.582. The first-order valence-electron chi connectivity index (χ1n) is 7.36. The zero-order valence-corrected chi connectivity index (χ0v) is 13.9. The maximum absolute atomic E-state index is 11.9. The lowest BCUT2D eigenvalue weighted by atomic mass is 10.2. The van der Waals surface area contributed by atoms with E-state index in [1.165, 1.54) is 43.3 Å². The molecule has 10 nitrogen and oxygen atoms in total. The van der Waals surface area contributed by atoms with Crippen molar-refractivity contribution in [2.45, 2.75) is 0 Å². The van der Waals surface area contributed by atoms with Crippen LogP contribution in [0.1, 0.15) is 20.8 Å². The van der Waals surface area contributed by atoms with Crippen LogP contribution < -0.4 is 10.5 Å². The first-order chi connectivity index (χ1) is 12.5. The van der Waals surface area contributed by atoms with E-state index < -0.39 is 11.9 Å². The van der Waals surface area contributed by atoms with E-state index in [4.69, 9.17) is 15.2 Å². The maximum atomic E-state index is 11.9. The van der Waals surface area contributed by atoms with Crippen molar-refractivity contribution in [2.24, 2.45) is 5.73 Å². The highest BCUT2D eigenvalue weighted by molar-refractivity contribution is 5.94. The minimum Gasteiger partial charge on any atom is -0.480 e. The molecule has 0 fully saturated rings. The molecule has 0 radical (unpaired) electrons. The van der Waals surface area contributed by atoms with Crippen LogP contribution in [0, 0.1) is 0 Å². The lowest BCUT2D eigenvalue weighted by Crippen LogP contribution is -2.11. The van der Waals surface area contributed by atoms with Gasteiger partial charge in [0.15, 0.2) is 11.5 Å². The Morgan fingerprint density at radius 2 is 1.92 bits per heavy atom. The van der Waals surface area contributed by atoms with E-state index in [1.807, 2.05) is 0 Å². The number of primary amides is 1. The summed E-state index contributed by atoms with van der Waals surface area (Å²) in [6.45, 7) is 0. The highest BCUT2D eigenvalue weighted by Gasteiger charge is 2.19. The molecule has 0 saturated heterocycles. The predicted octanol–water partition coefficient (Wildman–Crippen LogP) is 0.618. The Kier molecular flexibility index (Phi) is 4.56. The Hall–Kier alpha value is -3.82. The molecule has 3 aromatic heterocycles. The van der Waals surface area contributed by atoms with Crippen molar-refractivity contribution in [3.05, 3.63) is 47.8 Å². The number of amides is 1. The van der Waals surface area contributed by atoms with Gasteiger partial charge in [-0.05, 0) is 18.2 Å². The lowest BCUT2D eigenvalue weighted by molar-refractivity contribution is 0.0593. The molecule has 0 aliphatic carbocycles. The summed E-state index contributed by atoms with van der Waals surface area (Å²) in [5.41, 5.74) is 6.42. The number of aromatic nitrogens is 5. The van der Waals surface area contributed by atoms with E-state index in [0.29, 0.717) is 23.1 Å². The standard InChI is InChI=1S/C16H14N6O4/c1-25-14-4-3-13(19-20-14)22-12(8-11(21-22)16(24)26-2)10-7-9(15(17)23)5-6-18-10/h3-8H,1-2H3,(H2,17,23). The van der Waals surface area contributed by atoms with Gasteiger partial charge in [-0.3, -0.25) is 9.78 Å². The fourth-order valence-electron chi connectivity index (χ4n) is 2.20. The summed E-state index contributed by atoms with van der Waals surface area (Å²) in [6, 6.07) is 7.67. The second-order valence-electron chi connectivity index (χ2n) is 5.05. The van der Waals surface area contributed by atoms with Gasteiger partial charge in [-0.15, -0.1) is 10.2 Å². The molecule has 26 heavy (non-hydrogen) atoms. The summed E-state index contributed by atoms with van der Waals surface area (Å²) in [6.07, 6.45) is 1.43. The van der Waals surface area contributed by atoms with Crippen molar-refractivity contribution < 1.29 is 19.1 Å². The quantitative estimate of drug-likeness (QED) is 0.659. The van der Waals surface area contributed by atoms with Crippen molar-refractivity contribution in [1.82, 2.24) is 25.0 Å². The van der Waals surface area contributed by atoms with Crippen LogP contribution >= 0.6 is 0 Å². The van der Waals surface area contributed by atoms with Gasteiger partial charge in [-0.2, -0.15) is 5.10 Å². The number of ether oxygens (including phenoxy) is 2. The van der Waals surface area contributed by atoms with Crippen molar-refractivity contribution in [3.63, 3.8) is 0 Å². The molecule has 132 valence electrons. The number of nitrogens with zero attached hydrogens (tertiary/aromatic N) is 5. The molecular weight excluding hydrogens is 340 g/mol. The molecule has 0 saturated carbocycles. The highest BCUT2D eigenvalue weighted by Crippen LogP contribution is 2.23. The Balaban J connectivity index is 2.16. The maximum Gasteiger partial charge on any atom is 0.358 e. The van der Waals surface area contributed by atoms with Crippen LogP contribution in [0.4, 0.5) is 0 Å². The summed E-state index contributed by atoms with van der Waals surface area (Å²) in [5, 5.41) is 12.1. The highest BCUT2D eigenvalue weighted by atomic mass is 16.5. The number of nitrogens with two attached hydrogens (primary N) is 1. The van der Waals surface area contributed by atoms with Crippen molar-refractivity contribution in [3.8, 4) is 23.1 Å². The second kappa shape index (κ2) is 6.97. The van der Waals surface area contributed by atoms with Gasteiger partial charge in [0.1, 0.15) is 0 Å². The third kappa shape index (κ3) is 3.20. The number of methoxy groups -OCH3 is 2. The molecule has 0 aromatic carbocycles. The van der Waals surface area contributed by atoms with Crippen LogP contribution in [0.15, 0.2) is 36.5 Å². The third-order valence-electron chi connectivity index (χ3n) is 3.46. The molecule has 0 spiro atoms. The average Bonchev–Trinajstić information content (AvgIpc) is 3.13. The molecule has 3 heterocycles. The molecule has 0 aliphatic rings. The van der Waals surface area contributed by atoms with Gasteiger partial charge in [0, 0.05) is 23.9 Å². The zero-order chi connectivity index (χ0) is 18.7. The van der Waals surface area contributed by atoms with Crippen molar-refractivity contribution in [1.29, 1.82) is 0 Å². The van der Waals surface area contributed by atoms with Gasteiger partial charge < -0.3 is 15.2 Å². The van der Waals surface area contributed by atoms with E-state index in [-0.39, 0.29) is 11.3 Å².